The Bertz CT molecular complexity index is 581. The molecule has 1 aliphatic carbocycles. The Balaban J connectivity index is 1.84. The molecule has 1 aromatic rings. The molecule has 0 amide bonds. The van der Waals surface area contributed by atoms with Crippen LogP contribution in [-0.2, 0) is 9.47 Å². The van der Waals surface area contributed by atoms with Crippen LogP contribution in [0.4, 0.5) is 5.82 Å². The number of aromatic nitrogens is 2. The normalized spacial score (nSPS) is 33.0. The number of ether oxygens (including phenoxy) is 2. The predicted octanol–water partition coefficient (Wildman–Crippen LogP) is 2.06. The number of aliphatic hydroxyl groups excluding tert-OH is 1. The van der Waals surface area contributed by atoms with Gasteiger partial charge in [0.05, 0.1) is 12.1 Å². The highest BCUT2D eigenvalue weighted by Gasteiger charge is 2.53. The van der Waals surface area contributed by atoms with Gasteiger partial charge in [0, 0.05) is 18.1 Å². The molecule has 7 heteroatoms. The zero-order valence-corrected chi connectivity index (χ0v) is 14.0. The minimum atomic E-state index is -0.628. The van der Waals surface area contributed by atoms with Crippen molar-refractivity contribution in [2.24, 2.45) is 5.92 Å². The fraction of sp³-hybridized carbons (Fsp3) is 0.733. The van der Waals surface area contributed by atoms with Gasteiger partial charge in [0.1, 0.15) is 22.9 Å². The largest absolute Gasteiger partial charge is 0.396 e. The molecule has 1 aliphatic heterocycles. The molecule has 1 aromatic heterocycles. The molecule has 6 nitrogen and oxygen atoms in total. The van der Waals surface area contributed by atoms with Crippen molar-refractivity contribution in [3.05, 3.63) is 16.5 Å². The molecular weight excluding hydrogens is 306 g/mol. The first-order chi connectivity index (χ1) is 10.3. The Morgan fingerprint density at radius 1 is 1.27 bits per heavy atom. The van der Waals surface area contributed by atoms with Crippen LogP contribution in [0.3, 0.4) is 0 Å². The van der Waals surface area contributed by atoms with E-state index in [1.165, 1.54) is 0 Å². The van der Waals surface area contributed by atoms with Gasteiger partial charge in [0.15, 0.2) is 5.79 Å². The van der Waals surface area contributed by atoms with Gasteiger partial charge in [0.25, 0.3) is 0 Å². The topological polar surface area (TPSA) is 76.5 Å². The number of halogens is 1. The summed E-state index contributed by atoms with van der Waals surface area (Å²) < 4.78 is 12.0. The zero-order valence-electron chi connectivity index (χ0n) is 13.3. The quantitative estimate of drug-likeness (QED) is 0.828. The summed E-state index contributed by atoms with van der Waals surface area (Å²) >= 11 is 6.13. The first-order valence-corrected chi connectivity index (χ1v) is 7.92. The molecular formula is C15H22ClN3O3. The van der Waals surface area contributed by atoms with Gasteiger partial charge in [-0.05, 0) is 34.1 Å². The van der Waals surface area contributed by atoms with Crippen molar-refractivity contribution in [2.75, 3.05) is 11.9 Å². The SMILES string of the molecule is Cc1nc(Cl)c(C)c(N[C@@H]2C[C@H](CO)[C@H]3OC(C)(C)O[C@H]32)n1. The first kappa shape index (κ1) is 15.9. The number of rotatable bonds is 3. The maximum Gasteiger partial charge on any atom is 0.163 e. The second-order valence-electron chi connectivity index (χ2n) is 6.53. The van der Waals surface area contributed by atoms with Crippen molar-refractivity contribution in [2.45, 2.75) is 58.2 Å². The summed E-state index contributed by atoms with van der Waals surface area (Å²) in [5.41, 5.74) is 0.814. The van der Waals surface area contributed by atoms with Crippen molar-refractivity contribution in [1.29, 1.82) is 0 Å². The van der Waals surface area contributed by atoms with Crippen molar-refractivity contribution in [3.63, 3.8) is 0 Å². The number of nitrogens with one attached hydrogen (secondary N) is 1. The highest BCUT2D eigenvalue weighted by Crippen LogP contribution is 2.42. The maximum atomic E-state index is 9.60. The average molecular weight is 328 g/mol. The lowest BCUT2D eigenvalue weighted by Gasteiger charge is -2.24. The van der Waals surface area contributed by atoms with Crippen LogP contribution in [0.5, 0.6) is 0 Å². The van der Waals surface area contributed by atoms with Crippen LogP contribution in [0.1, 0.15) is 31.7 Å². The van der Waals surface area contributed by atoms with E-state index in [4.69, 9.17) is 21.1 Å². The first-order valence-electron chi connectivity index (χ1n) is 7.54. The fourth-order valence-electron chi connectivity index (χ4n) is 3.32. The van der Waals surface area contributed by atoms with E-state index in [0.29, 0.717) is 16.8 Å². The van der Waals surface area contributed by atoms with Crippen LogP contribution >= 0.6 is 11.6 Å². The summed E-state index contributed by atoms with van der Waals surface area (Å²) in [6.07, 6.45) is 0.555. The van der Waals surface area contributed by atoms with Crippen molar-refractivity contribution < 1.29 is 14.6 Å². The van der Waals surface area contributed by atoms with E-state index in [0.717, 1.165) is 12.0 Å². The van der Waals surface area contributed by atoms with E-state index in [-0.39, 0.29) is 30.8 Å². The molecule has 2 N–H and O–H groups in total. The molecule has 1 saturated carbocycles. The van der Waals surface area contributed by atoms with Crippen LogP contribution in [0.25, 0.3) is 0 Å². The molecule has 2 heterocycles. The van der Waals surface area contributed by atoms with E-state index in [1.807, 2.05) is 27.7 Å². The van der Waals surface area contributed by atoms with Crippen LogP contribution in [0.2, 0.25) is 5.15 Å². The van der Waals surface area contributed by atoms with E-state index >= 15 is 0 Å². The molecule has 0 aromatic carbocycles. The lowest BCUT2D eigenvalue weighted by Crippen LogP contribution is -2.35. The standard InChI is InChI=1S/C15H22ClN3O3/c1-7-13(16)17-8(2)18-14(7)19-10-5-9(6-20)11-12(10)22-15(3,4)21-11/h9-12,20H,5-6H2,1-4H3,(H,17,18,19)/t9-,10-,11-,12+/m1/s1. The van der Waals surface area contributed by atoms with Gasteiger partial charge in [-0.3, -0.25) is 0 Å². The lowest BCUT2D eigenvalue weighted by atomic mass is 10.1. The fourth-order valence-corrected chi connectivity index (χ4v) is 3.53. The number of aliphatic hydroxyl groups is 1. The van der Waals surface area contributed by atoms with Gasteiger partial charge in [-0.15, -0.1) is 0 Å². The van der Waals surface area contributed by atoms with Gasteiger partial charge < -0.3 is 19.9 Å². The van der Waals surface area contributed by atoms with E-state index in [2.05, 4.69) is 15.3 Å². The van der Waals surface area contributed by atoms with Crippen LogP contribution in [-0.4, -0.2) is 45.7 Å². The Morgan fingerprint density at radius 2 is 1.95 bits per heavy atom. The number of hydrogen-bond acceptors (Lipinski definition) is 6. The van der Waals surface area contributed by atoms with Crippen LogP contribution < -0.4 is 5.32 Å². The summed E-state index contributed by atoms with van der Waals surface area (Å²) in [5, 5.41) is 13.5. The second kappa shape index (κ2) is 5.60. The summed E-state index contributed by atoms with van der Waals surface area (Å²) in [4.78, 5) is 8.58. The second-order valence-corrected chi connectivity index (χ2v) is 6.89. The molecule has 0 spiro atoms. The van der Waals surface area contributed by atoms with Crippen molar-refractivity contribution in [1.82, 2.24) is 9.97 Å². The zero-order chi connectivity index (χ0) is 16.1. The third kappa shape index (κ3) is 2.80. The Morgan fingerprint density at radius 3 is 2.64 bits per heavy atom. The summed E-state index contributed by atoms with van der Waals surface area (Å²) in [5.74, 6) is 0.767. The van der Waals surface area contributed by atoms with Gasteiger partial charge in [-0.1, -0.05) is 11.6 Å². The number of aryl methyl sites for hydroxylation is 1. The van der Waals surface area contributed by atoms with Gasteiger partial charge in [-0.25, -0.2) is 9.97 Å². The molecule has 4 atom stereocenters. The molecule has 2 aliphatic rings. The Hall–Kier alpha value is -0.950. The number of nitrogens with zero attached hydrogens (tertiary/aromatic N) is 2. The summed E-state index contributed by atoms with van der Waals surface area (Å²) in [6.45, 7) is 7.57. The Kier molecular flexibility index (Phi) is 4.05. The smallest absolute Gasteiger partial charge is 0.163 e. The number of hydrogen-bond donors (Lipinski definition) is 2. The predicted molar refractivity (Wildman–Crippen MR) is 82.9 cm³/mol. The molecule has 22 heavy (non-hydrogen) atoms. The highest BCUT2D eigenvalue weighted by molar-refractivity contribution is 6.30. The maximum absolute atomic E-state index is 9.60. The van der Waals surface area contributed by atoms with Gasteiger partial charge in [-0.2, -0.15) is 0 Å². The van der Waals surface area contributed by atoms with E-state index < -0.39 is 5.79 Å². The summed E-state index contributed by atoms with van der Waals surface area (Å²) in [7, 11) is 0. The summed E-state index contributed by atoms with van der Waals surface area (Å²) in [6, 6.07) is 0.0213. The molecule has 0 radical (unpaired) electrons. The van der Waals surface area contributed by atoms with Crippen LogP contribution in [0.15, 0.2) is 0 Å². The van der Waals surface area contributed by atoms with Gasteiger partial charge in [0.2, 0.25) is 0 Å². The Labute approximate surface area is 135 Å². The molecule has 0 unspecified atom stereocenters. The minimum Gasteiger partial charge on any atom is -0.396 e. The number of fused-ring (bicyclic) bond motifs is 1. The molecule has 2 fully saturated rings. The van der Waals surface area contributed by atoms with Gasteiger partial charge >= 0.3 is 0 Å². The number of anilines is 1. The lowest BCUT2D eigenvalue weighted by molar-refractivity contribution is -0.158. The van der Waals surface area contributed by atoms with E-state index in [1.54, 1.807) is 0 Å². The van der Waals surface area contributed by atoms with Crippen molar-refractivity contribution in [3.8, 4) is 0 Å². The third-order valence-electron chi connectivity index (χ3n) is 4.34. The molecule has 3 rings (SSSR count). The minimum absolute atomic E-state index is 0.0213. The molecule has 1 saturated heterocycles. The average Bonchev–Trinajstić information content (AvgIpc) is 2.89. The monoisotopic (exact) mass is 327 g/mol. The molecule has 122 valence electrons. The molecule has 0 bridgehead atoms. The van der Waals surface area contributed by atoms with E-state index in [9.17, 15) is 5.11 Å². The third-order valence-corrected chi connectivity index (χ3v) is 4.70. The van der Waals surface area contributed by atoms with Crippen LogP contribution in [0, 0.1) is 19.8 Å². The van der Waals surface area contributed by atoms with Crippen molar-refractivity contribution >= 4 is 17.4 Å². The highest BCUT2D eigenvalue weighted by atomic mass is 35.5.